The number of nitrogens with zero attached hydrogens (tertiary/aromatic N) is 3. The van der Waals surface area contributed by atoms with Crippen LogP contribution in [0.3, 0.4) is 0 Å². The van der Waals surface area contributed by atoms with E-state index in [-0.39, 0.29) is 0 Å². The third-order valence-electron chi connectivity index (χ3n) is 10.5. The first-order valence-electron chi connectivity index (χ1n) is 18.9. The minimum atomic E-state index is 0.687. The molecule has 2 heterocycles. The monoisotopic (exact) mass is 713 g/mol. The van der Waals surface area contributed by atoms with Gasteiger partial charge in [0.15, 0.2) is 5.82 Å². The predicted molar refractivity (Wildman–Crippen MR) is 233 cm³/mol. The van der Waals surface area contributed by atoms with Crippen LogP contribution in [0.25, 0.3) is 100 Å². The van der Waals surface area contributed by atoms with Gasteiger partial charge in [0.2, 0.25) is 0 Å². The first-order valence-corrected chi connectivity index (χ1v) is 18.9. The average molecular weight is 714 g/mol. The summed E-state index contributed by atoms with van der Waals surface area (Å²) in [6.45, 7) is 0. The Kier molecular flexibility index (Phi) is 8.51. The summed E-state index contributed by atoms with van der Waals surface area (Å²) in [5.74, 6) is 0.687. The summed E-state index contributed by atoms with van der Waals surface area (Å²) in [7, 11) is 0. The van der Waals surface area contributed by atoms with Crippen LogP contribution < -0.4 is 0 Å². The molecule has 10 rings (SSSR count). The highest BCUT2D eigenvalue weighted by Crippen LogP contribution is 2.38. The minimum Gasteiger partial charge on any atom is -0.248 e. The zero-order valence-electron chi connectivity index (χ0n) is 30.5. The molecule has 3 heteroatoms. The lowest BCUT2D eigenvalue weighted by Gasteiger charge is -2.14. The van der Waals surface area contributed by atoms with E-state index in [0.717, 1.165) is 66.9 Å². The van der Waals surface area contributed by atoms with Gasteiger partial charge in [0, 0.05) is 27.6 Å². The smallest absolute Gasteiger partial charge is 0.160 e. The maximum Gasteiger partial charge on any atom is 0.160 e. The number of aromatic nitrogens is 3. The Hall–Kier alpha value is -7.49. The van der Waals surface area contributed by atoms with Gasteiger partial charge in [0.25, 0.3) is 0 Å². The molecular formula is C53H35N3. The molecule has 8 aromatic carbocycles. The van der Waals surface area contributed by atoms with Crippen LogP contribution in [0.2, 0.25) is 0 Å². The van der Waals surface area contributed by atoms with Crippen molar-refractivity contribution in [2.75, 3.05) is 0 Å². The Morgan fingerprint density at radius 2 is 0.679 bits per heavy atom. The average Bonchev–Trinajstić information content (AvgIpc) is 3.29. The van der Waals surface area contributed by atoms with Gasteiger partial charge in [0.05, 0.1) is 22.6 Å². The standard InChI is InChI=1S/C53H35N3/c1-4-12-36(13-5-1)38-20-26-43(27-21-38)50-35-51(56-53(55-50)45-30-22-39(23-31-45)37-14-6-2-7-15-37)44-28-24-41(25-29-44)47-34-49(42-17-8-3-9-18-42)54-48-33-32-40-16-10-11-19-46(40)52(47)48/h1-35H. The third-order valence-corrected chi connectivity index (χ3v) is 10.5. The highest BCUT2D eigenvalue weighted by Gasteiger charge is 2.15. The van der Waals surface area contributed by atoms with Gasteiger partial charge in [-0.1, -0.05) is 194 Å². The molecule has 0 aliphatic carbocycles. The third kappa shape index (κ3) is 6.42. The molecule has 56 heavy (non-hydrogen) atoms. The lowest BCUT2D eigenvalue weighted by molar-refractivity contribution is 1.18. The molecule has 0 N–H and O–H groups in total. The molecule has 0 unspecified atom stereocenters. The highest BCUT2D eigenvalue weighted by molar-refractivity contribution is 6.13. The predicted octanol–water partition coefficient (Wildman–Crippen LogP) is 13.8. The Bertz CT molecular complexity index is 2860. The number of pyridine rings is 1. The number of rotatable bonds is 7. The second-order valence-electron chi connectivity index (χ2n) is 14.0. The SMILES string of the molecule is c1ccc(-c2ccc(-c3cc(-c4ccc(-c5cc(-c6ccccc6)nc6ccc7ccccc7c56)cc4)nc(-c4ccc(-c5ccccc5)cc4)n3)cc2)cc1. The van der Waals surface area contributed by atoms with E-state index in [4.69, 9.17) is 15.0 Å². The van der Waals surface area contributed by atoms with Crippen LogP contribution in [0.1, 0.15) is 0 Å². The molecule has 0 spiro atoms. The molecular weight excluding hydrogens is 679 g/mol. The van der Waals surface area contributed by atoms with Crippen molar-refractivity contribution in [3.8, 4) is 78.5 Å². The summed E-state index contributed by atoms with van der Waals surface area (Å²) in [6.07, 6.45) is 0. The minimum absolute atomic E-state index is 0.687. The molecule has 0 atom stereocenters. The zero-order chi connectivity index (χ0) is 37.3. The van der Waals surface area contributed by atoms with Crippen molar-refractivity contribution in [3.05, 3.63) is 212 Å². The second kappa shape index (κ2) is 14.4. The largest absolute Gasteiger partial charge is 0.248 e. The molecule has 262 valence electrons. The summed E-state index contributed by atoms with van der Waals surface area (Å²) in [6, 6.07) is 74.5. The Labute approximate surface area is 326 Å². The normalized spacial score (nSPS) is 11.2. The summed E-state index contributed by atoms with van der Waals surface area (Å²) < 4.78 is 0. The molecule has 2 aromatic heterocycles. The molecule has 0 fully saturated rings. The summed E-state index contributed by atoms with van der Waals surface area (Å²) >= 11 is 0. The summed E-state index contributed by atoms with van der Waals surface area (Å²) in [5, 5.41) is 3.54. The van der Waals surface area contributed by atoms with Crippen molar-refractivity contribution in [3.63, 3.8) is 0 Å². The highest BCUT2D eigenvalue weighted by atomic mass is 14.9. The first-order chi connectivity index (χ1) is 27.7. The summed E-state index contributed by atoms with van der Waals surface area (Å²) in [4.78, 5) is 15.5. The number of benzene rings is 8. The molecule has 0 radical (unpaired) electrons. The van der Waals surface area contributed by atoms with Crippen molar-refractivity contribution in [1.82, 2.24) is 15.0 Å². The number of hydrogen-bond donors (Lipinski definition) is 0. The van der Waals surface area contributed by atoms with Gasteiger partial charge in [-0.2, -0.15) is 0 Å². The van der Waals surface area contributed by atoms with E-state index in [1.807, 2.05) is 18.2 Å². The van der Waals surface area contributed by atoms with E-state index in [0.29, 0.717) is 5.82 Å². The van der Waals surface area contributed by atoms with E-state index >= 15 is 0 Å². The molecule has 3 nitrogen and oxygen atoms in total. The van der Waals surface area contributed by atoms with Crippen molar-refractivity contribution in [2.45, 2.75) is 0 Å². The van der Waals surface area contributed by atoms with Crippen molar-refractivity contribution in [1.29, 1.82) is 0 Å². The lowest BCUT2D eigenvalue weighted by atomic mass is 9.93. The lowest BCUT2D eigenvalue weighted by Crippen LogP contribution is -1.96. The van der Waals surface area contributed by atoms with Gasteiger partial charge < -0.3 is 0 Å². The fourth-order valence-electron chi connectivity index (χ4n) is 7.59. The van der Waals surface area contributed by atoms with Gasteiger partial charge in [0.1, 0.15) is 0 Å². The van der Waals surface area contributed by atoms with Crippen LogP contribution in [-0.4, -0.2) is 15.0 Å². The topological polar surface area (TPSA) is 38.7 Å². The van der Waals surface area contributed by atoms with Crippen molar-refractivity contribution < 1.29 is 0 Å². The van der Waals surface area contributed by atoms with Crippen molar-refractivity contribution in [2.24, 2.45) is 0 Å². The maximum absolute atomic E-state index is 5.19. The van der Waals surface area contributed by atoms with Gasteiger partial charge in [-0.3, -0.25) is 0 Å². The second-order valence-corrected chi connectivity index (χ2v) is 14.0. The molecule has 0 aliphatic rings. The molecule has 0 bridgehead atoms. The van der Waals surface area contributed by atoms with Crippen LogP contribution in [0, 0.1) is 0 Å². The van der Waals surface area contributed by atoms with Gasteiger partial charge in [-0.15, -0.1) is 0 Å². The number of hydrogen-bond acceptors (Lipinski definition) is 3. The molecule has 0 aliphatic heterocycles. The van der Waals surface area contributed by atoms with Gasteiger partial charge in [-0.05, 0) is 62.4 Å². The van der Waals surface area contributed by atoms with Crippen LogP contribution in [-0.2, 0) is 0 Å². The van der Waals surface area contributed by atoms with E-state index < -0.39 is 0 Å². The first kappa shape index (κ1) is 33.1. The molecule has 0 amide bonds. The van der Waals surface area contributed by atoms with E-state index in [2.05, 4.69) is 194 Å². The number of fused-ring (bicyclic) bond motifs is 3. The fraction of sp³-hybridized carbons (Fsp3) is 0. The fourth-order valence-corrected chi connectivity index (χ4v) is 7.59. The zero-order valence-corrected chi connectivity index (χ0v) is 30.5. The van der Waals surface area contributed by atoms with Crippen LogP contribution >= 0.6 is 0 Å². The van der Waals surface area contributed by atoms with Crippen LogP contribution in [0.5, 0.6) is 0 Å². The summed E-state index contributed by atoms with van der Waals surface area (Å²) in [5.41, 5.74) is 14.8. The van der Waals surface area contributed by atoms with E-state index in [1.54, 1.807) is 0 Å². The van der Waals surface area contributed by atoms with E-state index in [9.17, 15) is 0 Å². The Morgan fingerprint density at radius 3 is 1.25 bits per heavy atom. The quantitative estimate of drug-likeness (QED) is 0.154. The van der Waals surface area contributed by atoms with Gasteiger partial charge in [-0.25, -0.2) is 15.0 Å². The van der Waals surface area contributed by atoms with Crippen LogP contribution in [0.15, 0.2) is 212 Å². The molecule has 10 aromatic rings. The van der Waals surface area contributed by atoms with Crippen molar-refractivity contribution >= 4 is 21.7 Å². The maximum atomic E-state index is 5.19. The van der Waals surface area contributed by atoms with Gasteiger partial charge >= 0.3 is 0 Å². The molecule has 0 saturated heterocycles. The molecule has 0 saturated carbocycles. The Balaban J connectivity index is 1.08. The van der Waals surface area contributed by atoms with Crippen LogP contribution in [0.4, 0.5) is 0 Å². The van der Waals surface area contributed by atoms with E-state index in [1.165, 1.54) is 27.5 Å². The Morgan fingerprint density at radius 1 is 0.268 bits per heavy atom.